The molecular weight excluding hydrogens is 330 g/mol. The predicted octanol–water partition coefficient (Wildman–Crippen LogP) is 3.99. The summed E-state index contributed by atoms with van der Waals surface area (Å²) in [5, 5.41) is 3.07. The fourth-order valence-electron chi connectivity index (χ4n) is 2.68. The average molecular weight is 357 g/mol. The molecule has 1 N–H and O–H groups in total. The van der Waals surface area contributed by atoms with Crippen molar-refractivity contribution in [2.24, 2.45) is 5.92 Å². The average Bonchev–Trinajstić information content (AvgIpc) is 2.65. The minimum absolute atomic E-state index is 0.0351. The summed E-state index contributed by atoms with van der Waals surface area (Å²) >= 11 is 0. The van der Waals surface area contributed by atoms with Crippen LogP contribution in [0.5, 0.6) is 17.2 Å². The molecule has 0 saturated heterocycles. The SMILES string of the molecule is COc1cc(OC)cc(OCC(=O)N[C@@H](CC(C)C)c2ccccc2)c1. The van der Waals surface area contributed by atoms with Crippen molar-refractivity contribution in [2.45, 2.75) is 26.3 Å². The molecule has 0 unspecified atom stereocenters. The predicted molar refractivity (Wildman–Crippen MR) is 102 cm³/mol. The molecule has 2 aromatic carbocycles. The number of carbonyl (C=O) groups is 1. The zero-order valence-electron chi connectivity index (χ0n) is 15.8. The maximum Gasteiger partial charge on any atom is 0.258 e. The Balaban J connectivity index is 2.00. The highest BCUT2D eigenvalue weighted by Crippen LogP contribution is 2.27. The minimum Gasteiger partial charge on any atom is -0.496 e. The van der Waals surface area contributed by atoms with Crippen LogP contribution in [0.2, 0.25) is 0 Å². The Morgan fingerprint density at radius 1 is 0.962 bits per heavy atom. The maximum atomic E-state index is 12.4. The Morgan fingerprint density at radius 3 is 2.08 bits per heavy atom. The lowest BCUT2D eigenvalue weighted by molar-refractivity contribution is -0.124. The summed E-state index contributed by atoms with van der Waals surface area (Å²) in [5.41, 5.74) is 1.09. The highest BCUT2D eigenvalue weighted by Gasteiger charge is 2.16. The van der Waals surface area contributed by atoms with Gasteiger partial charge in [-0.05, 0) is 17.9 Å². The van der Waals surface area contributed by atoms with E-state index < -0.39 is 0 Å². The van der Waals surface area contributed by atoms with Crippen molar-refractivity contribution in [2.75, 3.05) is 20.8 Å². The number of carbonyl (C=O) groups excluding carboxylic acids is 1. The van der Waals surface area contributed by atoms with Crippen molar-refractivity contribution in [3.63, 3.8) is 0 Å². The van der Waals surface area contributed by atoms with Gasteiger partial charge in [0.25, 0.3) is 5.91 Å². The van der Waals surface area contributed by atoms with Gasteiger partial charge < -0.3 is 19.5 Å². The Hall–Kier alpha value is -2.69. The lowest BCUT2D eigenvalue weighted by Gasteiger charge is -2.21. The molecule has 2 rings (SSSR count). The van der Waals surface area contributed by atoms with Gasteiger partial charge in [-0.2, -0.15) is 0 Å². The molecule has 2 aromatic rings. The molecule has 26 heavy (non-hydrogen) atoms. The largest absolute Gasteiger partial charge is 0.496 e. The number of hydrogen-bond donors (Lipinski definition) is 1. The van der Waals surface area contributed by atoms with Crippen LogP contribution in [0, 0.1) is 5.92 Å². The van der Waals surface area contributed by atoms with Crippen LogP contribution in [0.15, 0.2) is 48.5 Å². The summed E-state index contributed by atoms with van der Waals surface area (Å²) in [6.07, 6.45) is 0.864. The van der Waals surface area contributed by atoms with Gasteiger partial charge in [-0.15, -0.1) is 0 Å². The molecule has 0 aliphatic heterocycles. The van der Waals surface area contributed by atoms with E-state index in [1.165, 1.54) is 0 Å². The number of rotatable bonds is 9. The molecule has 0 spiro atoms. The van der Waals surface area contributed by atoms with Crippen molar-refractivity contribution in [1.29, 1.82) is 0 Å². The second kappa shape index (κ2) is 9.70. The van der Waals surface area contributed by atoms with E-state index in [9.17, 15) is 4.79 Å². The zero-order valence-corrected chi connectivity index (χ0v) is 15.8. The van der Waals surface area contributed by atoms with E-state index in [2.05, 4.69) is 19.2 Å². The molecule has 0 saturated carbocycles. The van der Waals surface area contributed by atoms with E-state index in [1.54, 1.807) is 32.4 Å². The normalized spacial score (nSPS) is 11.7. The second-order valence-corrected chi connectivity index (χ2v) is 6.50. The topological polar surface area (TPSA) is 56.8 Å². The van der Waals surface area contributed by atoms with Crippen LogP contribution < -0.4 is 19.5 Å². The first-order valence-electron chi connectivity index (χ1n) is 8.72. The fraction of sp³-hybridized carbons (Fsp3) is 0.381. The van der Waals surface area contributed by atoms with Gasteiger partial charge in [0.05, 0.1) is 20.3 Å². The molecule has 140 valence electrons. The summed E-state index contributed by atoms with van der Waals surface area (Å²) in [4.78, 5) is 12.4. The van der Waals surface area contributed by atoms with Gasteiger partial charge >= 0.3 is 0 Å². The van der Waals surface area contributed by atoms with Crippen molar-refractivity contribution in [3.8, 4) is 17.2 Å². The number of benzene rings is 2. The van der Waals surface area contributed by atoms with Crippen LogP contribution in [0.1, 0.15) is 31.9 Å². The molecule has 0 heterocycles. The van der Waals surface area contributed by atoms with E-state index in [4.69, 9.17) is 14.2 Å². The quantitative estimate of drug-likeness (QED) is 0.737. The minimum atomic E-state index is -0.165. The van der Waals surface area contributed by atoms with Crippen LogP contribution in [0.4, 0.5) is 0 Å². The molecule has 0 bridgehead atoms. The number of amides is 1. The molecule has 0 radical (unpaired) electrons. The summed E-state index contributed by atoms with van der Waals surface area (Å²) in [6, 6.07) is 15.1. The highest BCUT2D eigenvalue weighted by molar-refractivity contribution is 5.78. The third kappa shape index (κ3) is 5.99. The van der Waals surface area contributed by atoms with Gasteiger partial charge in [0.1, 0.15) is 17.2 Å². The lowest BCUT2D eigenvalue weighted by Crippen LogP contribution is -2.33. The molecule has 5 heteroatoms. The summed E-state index contributed by atoms with van der Waals surface area (Å²) < 4.78 is 16.0. The Bertz CT molecular complexity index is 678. The Morgan fingerprint density at radius 2 is 1.54 bits per heavy atom. The van der Waals surface area contributed by atoms with Crippen LogP contribution in [-0.2, 0) is 4.79 Å². The summed E-state index contributed by atoms with van der Waals surface area (Å²) in [5.74, 6) is 2.05. The van der Waals surface area contributed by atoms with Crippen molar-refractivity contribution >= 4 is 5.91 Å². The zero-order chi connectivity index (χ0) is 18.9. The number of hydrogen-bond acceptors (Lipinski definition) is 4. The Labute approximate surface area is 155 Å². The Kier molecular flexibility index (Phi) is 7.33. The lowest BCUT2D eigenvalue weighted by atomic mass is 9.97. The molecule has 1 atom stereocenters. The van der Waals surface area contributed by atoms with Gasteiger partial charge in [-0.25, -0.2) is 0 Å². The molecule has 5 nitrogen and oxygen atoms in total. The van der Waals surface area contributed by atoms with Gasteiger partial charge in [-0.1, -0.05) is 44.2 Å². The molecule has 0 fully saturated rings. The number of ether oxygens (including phenoxy) is 3. The molecule has 0 aliphatic rings. The van der Waals surface area contributed by atoms with E-state index in [1.807, 2.05) is 30.3 Å². The molecule has 1 amide bonds. The number of nitrogens with one attached hydrogen (secondary N) is 1. The monoisotopic (exact) mass is 357 g/mol. The molecule has 0 aliphatic carbocycles. The second-order valence-electron chi connectivity index (χ2n) is 6.50. The fourth-order valence-corrected chi connectivity index (χ4v) is 2.68. The van der Waals surface area contributed by atoms with Gasteiger partial charge in [0.15, 0.2) is 6.61 Å². The first kappa shape index (κ1) is 19.6. The van der Waals surface area contributed by atoms with E-state index in [0.717, 1.165) is 12.0 Å². The highest BCUT2D eigenvalue weighted by atomic mass is 16.5. The molecular formula is C21H27NO4. The van der Waals surface area contributed by atoms with E-state index >= 15 is 0 Å². The van der Waals surface area contributed by atoms with E-state index in [-0.39, 0.29) is 18.6 Å². The summed E-state index contributed by atoms with van der Waals surface area (Å²) in [6.45, 7) is 4.21. The van der Waals surface area contributed by atoms with Crippen LogP contribution in [0.3, 0.4) is 0 Å². The van der Waals surface area contributed by atoms with E-state index in [0.29, 0.717) is 23.2 Å². The first-order valence-corrected chi connectivity index (χ1v) is 8.72. The standard InChI is InChI=1S/C21H27NO4/c1-15(2)10-20(16-8-6-5-7-9-16)22-21(23)14-26-19-12-17(24-3)11-18(13-19)25-4/h5-9,11-13,15,20H,10,14H2,1-4H3,(H,22,23)/t20-/m0/s1. The van der Waals surface area contributed by atoms with Crippen molar-refractivity contribution in [3.05, 3.63) is 54.1 Å². The maximum absolute atomic E-state index is 12.4. The third-order valence-electron chi connectivity index (χ3n) is 3.94. The third-order valence-corrected chi connectivity index (χ3v) is 3.94. The summed E-state index contributed by atoms with van der Waals surface area (Å²) in [7, 11) is 3.14. The first-order chi connectivity index (χ1) is 12.5. The van der Waals surface area contributed by atoms with Gasteiger partial charge in [0, 0.05) is 18.2 Å². The van der Waals surface area contributed by atoms with Crippen LogP contribution in [0.25, 0.3) is 0 Å². The van der Waals surface area contributed by atoms with Crippen LogP contribution >= 0.6 is 0 Å². The number of methoxy groups -OCH3 is 2. The van der Waals surface area contributed by atoms with Crippen LogP contribution in [-0.4, -0.2) is 26.7 Å². The molecule has 0 aromatic heterocycles. The van der Waals surface area contributed by atoms with Crippen molar-refractivity contribution in [1.82, 2.24) is 5.32 Å². The van der Waals surface area contributed by atoms with Gasteiger partial charge in [0.2, 0.25) is 0 Å². The van der Waals surface area contributed by atoms with Gasteiger partial charge in [-0.3, -0.25) is 4.79 Å². The smallest absolute Gasteiger partial charge is 0.258 e. The van der Waals surface area contributed by atoms with Crippen molar-refractivity contribution < 1.29 is 19.0 Å².